The van der Waals surface area contributed by atoms with Gasteiger partial charge in [0.15, 0.2) is 0 Å². The monoisotopic (exact) mass is 306 g/mol. The Hall–Kier alpha value is -2.06. The van der Waals surface area contributed by atoms with Crippen LogP contribution in [-0.2, 0) is 0 Å². The van der Waals surface area contributed by atoms with Gasteiger partial charge in [0.2, 0.25) is 4.96 Å². The van der Waals surface area contributed by atoms with Crippen molar-refractivity contribution in [1.82, 2.24) is 19.6 Å². The number of hydrogen-bond donors (Lipinski definition) is 0. The third-order valence-corrected chi connectivity index (χ3v) is 4.69. The molecular formula is C12H7FN4OS2. The summed E-state index contributed by atoms with van der Waals surface area (Å²) in [5, 5.41) is 5.53. The van der Waals surface area contributed by atoms with Crippen LogP contribution in [-0.4, -0.2) is 26.7 Å². The second-order valence-electron chi connectivity index (χ2n) is 4.06. The Bertz CT molecular complexity index is 895. The fourth-order valence-electron chi connectivity index (χ4n) is 1.88. The number of thiazole rings is 1. The van der Waals surface area contributed by atoms with Crippen molar-refractivity contribution in [3.63, 3.8) is 0 Å². The van der Waals surface area contributed by atoms with Crippen molar-refractivity contribution in [2.45, 2.75) is 0 Å². The van der Waals surface area contributed by atoms with Crippen molar-refractivity contribution < 1.29 is 9.13 Å². The highest BCUT2D eigenvalue weighted by molar-refractivity contribution is 7.21. The SMILES string of the molecule is COc1nn2cc(-c3nc4ccc(F)cc4s3)nc2s1. The molecule has 0 saturated carbocycles. The standard InChI is InChI=1S/C12H7FN4OS2/c1-18-12-16-17-5-8(15-11(17)20-12)10-14-7-3-2-6(13)4-9(7)19-10/h2-5H,1H3. The number of fused-ring (bicyclic) bond motifs is 2. The summed E-state index contributed by atoms with van der Waals surface area (Å²) in [6.45, 7) is 0. The Morgan fingerprint density at radius 2 is 2.15 bits per heavy atom. The van der Waals surface area contributed by atoms with E-state index in [1.165, 1.54) is 34.8 Å². The zero-order chi connectivity index (χ0) is 13.7. The second kappa shape index (κ2) is 4.22. The summed E-state index contributed by atoms with van der Waals surface area (Å²) in [6, 6.07) is 4.56. The number of imidazole rings is 1. The van der Waals surface area contributed by atoms with Gasteiger partial charge in [0.25, 0.3) is 5.19 Å². The molecule has 5 nitrogen and oxygen atoms in total. The molecule has 0 N–H and O–H groups in total. The topological polar surface area (TPSA) is 52.3 Å². The summed E-state index contributed by atoms with van der Waals surface area (Å²) in [5.74, 6) is -0.259. The first-order chi connectivity index (χ1) is 9.72. The second-order valence-corrected chi connectivity index (χ2v) is 6.01. The van der Waals surface area contributed by atoms with Gasteiger partial charge in [-0.25, -0.2) is 18.9 Å². The summed E-state index contributed by atoms with van der Waals surface area (Å²) in [5.41, 5.74) is 1.50. The molecule has 0 radical (unpaired) electrons. The summed E-state index contributed by atoms with van der Waals surface area (Å²) in [6.07, 6.45) is 1.79. The van der Waals surface area contributed by atoms with Crippen molar-refractivity contribution in [1.29, 1.82) is 0 Å². The van der Waals surface area contributed by atoms with E-state index in [1.807, 2.05) is 0 Å². The van der Waals surface area contributed by atoms with Gasteiger partial charge in [0.1, 0.15) is 16.5 Å². The zero-order valence-corrected chi connectivity index (χ0v) is 11.8. The third kappa shape index (κ3) is 1.76. The smallest absolute Gasteiger partial charge is 0.294 e. The van der Waals surface area contributed by atoms with Crippen LogP contribution < -0.4 is 4.74 Å². The highest BCUT2D eigenvalue weighted by atomic mass is 32.1. The van der Waals surface area contributed by atoms with Gasteiger partial charge in [-0.15, -0.1) is 16.4 Å². The minimum absolute atomic E-state index is 0.259. The van der Waals surface area contributed by atoms with E-state index in [9.17, 15) is 4.39 Å². The lowest BCUT2D eigenvalue weighted by atomic mass is 10.3. The number of halogens is 1. The van der Waals surface area contributed by atoms with Crippen LogP contribution in [0.15, 0.2) is 24.4 Å². The first-order valence-electron chi connectivity index (χ1n) is 5.69. The minimum Gasteiger partial charge on any atom is -0.472 e. The van der Waals surface area contributed by atoms with Crippen molar-refractivity contribution in [3.8, 4) is 15.9 Å². The van der Waals surface area contributed by atoms with Crippen LogP contribution in [0.25, 0.3) is 25.9 Å². The molecule has 0 amide bonds. The Balaban J connectivity index is 1.84. The molecule has 3 aromatic heterocycles. The maximum atomic E-state index is 13.2. The van der Waals surface area contributed by atoms with Gasteiger partial charge in [-0.1, -0.05) is 0 Å². The Morgan fingerprint density at radius 3 is 2.95 bits per heavy atom. The van der Waals surface area contributed by atoms with E-state index in [0.717, 1.165) is 25.9 Å². The summed E-state index contributed by atoms with van der Waals surface area (Å²) in [7, 11) is 1.57. The highest BCUT2D eigenvalue weighted by Crippen LogP contribution is 2.31. The van der Waals surface area contributed by atoms with Gasteiger partial charge in [-0.05, 0) is 29.5 Å². The molecule has 3 heterocycles. The molecule has 0 fully saturated rings. The molecule has 0 spiro atoms. The van der Waals surface area contributed by atoms with E-state index in [-0.39, 0.29) is 5.82 Å². The van der Waals surface area contributed by atoms with E-state index in [1.54, 1.807) is 23.9 Å². The van der Waals surface area contributed by atoms with Crippen molar-refractivity contribution >= 4 is 37.9 Å². The van der Waals surface area contributed by atoms with Crippen LogP contribution in [0.1, 0.15) is 0 Å². The quantitative estimate of drug-likeness (QED) is 0.570. The van der Waals surface area contributed by atoms with E-state index in [4.69, 9.17) is 4.74 Å². The lowest BCUT2D eigenvalue weighted by molar-refractivity contribution is 0.405. The molecular weight excluding hydrogens is 299 g/mol. The van der Waals surface area contributed by atoms with Gasteiger partial charge < -0.3 is 4.74 Å². The Kier molecular flexibility index (Phi) is 2.48. The summed E-state index contributed by atoms with van der Waals surface area (Å²) < 4.78 is 20.7. The van der Waals surface area contributed by atoms with Crippen LogP contribution >= 0.6 is 22.7 Å². The third-order valence-electron chi connectivity index (χ3n) is 2.77. The number of benzene rings is 1. The molecule has 4 rings (SSSR count). The molecule has 8 heteroatoms. The van der Waals surface area contributed by atoms with Crippen molar-refractivity contribution in [2.75, 3.05) is 7.11 Å². The maximum Gasteiger partial charge on any atom is 0.294 e. The van der Waals surface area contributed by atoms with Gasteiger partial charge >= 0.3 is 0 Å². The average Bonchev–Trinajstić information content (AvgIpc) is 3.08. The molecule has 0 unspecified atom stereocenters. The fraction of sp³-hybridized carbons (Fsp3) is 0.0833. The minimum atomic E-state index is -0.259. The van der Waals surface area contributed by atoms with Gasteiger partial charge in [0, 0.05) is 0 Å². The Morgan fingerprint density at radius 1 is 1.25 bits per heavy atom. The highest BCUT2D eigenvalue weighted by Gasteiger charge is 2.13. The molecule has 0 saturated heterocycles. The average molecular weight is 306 g/mol. The lowest BCUT2D eigenvalue weighted by Gasteiger charge is -1.87. The van der Waals surface area contributed by atoms with Crippen LogP contribution in [0, 0.1) is 5.82 Å². The van der Waals surface area contributed by atoms with Crippen LogP contribution in [0.4, 0.5) is 4.39 Å². The molecule has 1 aromatic carbocycles. The predicted molar refractivity (Wildman–Crippen MR) is 76.0 cm³/mol. The Labute approximate surface area is 120 Å². The van der Waals surface area contributed by atoms with Gasteiger partial charge in [-0.2, -0.15) is 0 Å². The van der Waals surface area contributed by atoms with Crippen LogP contribution in [0.2, 0.25) is 0 Å². The zero-order valence-electron chi connectivity index (χ0n) is 10.2. The normalized spacial score (nSPS) is 11.5. The molecule has 0 aliphatic rings. The van der Waals surface area contributed by atoms with E-state index in [0.29, 0.717) is 5.19 Å². The van der Waals surface area contributed by atoms with E-state index < -0.39 is 0 Å². The van der Waals surface area contributed by atoms with Crippen LogP contribution in [0.3, 0.4) is 0 Å². The number of ether oxygens (including phenoxy) is 1. The van der Waals surface area contributed by atoms with E-state index in [2.05, 4.69) is 15.1 Å². The number of methoxy groups -OCH3 is 1. The largest absolute Gasteiger partial charge is 0.472 e. The molecule has 0 bridgehead atoms. The number of nitrogens with zero attached hydrogens (tertiary/aromatic N) is 4. The molecule has 4 aromatic rings. The number of rotatable bonds is 2. The van der Waals surface area contributed by atoms with E-state index >= 15 is 0 Å². The van der Waals surface area contributed by atoms with Crippen LogP contribution in [0.5, 0.6) is 5.19 Å². The number of hydrogen-bond acceptors (Lipinski definition) is 6. The maximum absolute atomic E-state index is 13.2. The lowest BCUT2D eigenvalue weighted by Crippen LogP contribution is -1.84. The molecule has 20 heavy (non-hydrogen) atoms. The molecule has 0 atom stereocenters. The molecule has 0 aliphatic carbocycles. The molecule has 100 valence electrons. The summed E-state index contributed by atoms with van der Waals surface area (Å²) in [4.78, 5) is 9.66. The van der Waals surface area contributed by atoms with Gasteiger partial charge in [-0.3, -0.25) is 0 Å². The molecule has 0 aliphatic heterocycles. The number of aromatic nitrogens is 4. The first-order valence-corrected chi connectivity index (χ1v) is 7.33. The van der Waals surface area contributed by atoms with Crippen molar-refractivity contribution in [3.05, 3.63) is 30.2 Å². The fourth-order valence-corrected chi connectivity index (χ4v) is 3.52. The van der Waals surface area contributed by atoms with Crippen molar-refractivity contribution in [2.24, 2.45) is 0 Å². The summed E-state index contributed by atoms with van der Waals surface area (Å²) >= 11 is 2.77. The van der Waals surface area contributed by atoms with Gasteiger partial charge in [0.05, 0.1) is 23.5 Å². The predicted octanol–water partition coefficient (Wildman–Crippen LogP) is 3.22. The first kappa shape index (κ1) is 11.7.